The minimum absolute atomic E-state index is 0.0759. The number of carbonyl (C=O) groups excluding carboxylic acids is 1. The Kier molecular flexibility index (Phi) is 5.06. The molecule has 0 saturated carbocycles. The first-order valence-corrected chi connectivity index (χ1v) is 8.08. The van der Waals surface area contributed by atoms with Crippen LogP contribution in [0, 0.1) is 0 Å². The minimum atomic E-state index is -0.0759. The molecule has 6 heteroatoms. The van der Waals surface area contributed by atoms with Crippen LogP contribution in [0.25, 0.3) is 0 Å². The van der Waals surface area contributed by atoms with Crippen molar-refractivity contribution in [3.8, 4) is 0 Å². The predicted octanol–water partition coefficient (Wildman–Crippen LogP) is 2.80. The lowest BCUT2D eigenvalue weighted by molar-refractivity contribution is -0.117. The molecule has 5 nitrogen and oxygen atoms in total. The second-order valence-electron chi connectivity index (χ2n) is 4.91. The summed E-state index contributed by atoms with van der Waals surface area (Å²) in [7, 11) is 0. The lowest BCUT2D eigenvalue weighted by Crippen LogP contribution is -2.27. The molecule has 1 aromatic carbocycles. The predicted molar refractivity (Wildman–Crippen MR) is 94.1 cm³/mol. The zero-order valence-electron chi connectivity index (χ0n) is 12.4. The van der Waals surface area contributed by atoms with E-state index in [4.69, 9.17) is 0 Å². The van der Waals surface area contributed by atoms with Gasteiger partial charge in [-0.1, -0.05) is 42.1 Å². The van der Waals surface area contributed by atoms with Crippen LogP contribution < -0.4 is 10.6 Å². The Morgan fingerprint density at radius 3 is 2.61 bits per heavy atom. The van der Waals surface area contributed by atoms with Crippen molar-refractivity contribution >= 4 is 28.5 Å². The van der Waals surface area contributed by atoms with Crippen molar-refractivity contribution in [2.75, 3.05) is 11.9 Å². The van der Waals surface area contributed by atoms with E-state index >= 15 is 0 Å². The Labute approximate surface area is 138 Å². The molecule has 23 heavy (non-hydrogen) atoms. The molecule has 0 bridgehead atoms. The normalized spacial score (nSPS) is 13.7. The number of aromatic nitrogens is 1. The van der Waals surface area contributed by atoms with Gasteiger partial charge in [0.1, 0.15) is 0 Å². The van der Waals surface area contributed by atoms with Gasteiger partial charge in [0.25, 0.3) is 0 Å². The van der Waals surface area contributed by atoms with Gasteiger partial charge in [-0.2, -0.15) is 0 Å². The van der Waals surface area contributed by atoms with E-state index in [1.165, 1.54) is 11.8 Å². The molecule has 2 N–H and O–H groups in total. The first kappa shape index (κ1) is 15.3. The van der Waals surface area contributed by atoms with Gasteiger partial charge in [0.2, 0.25) is 5.91 Å². The second-order valence-corrected chi connectivity index (χ2v) is 5.77. The molecule has 0 atom stereocenters. The Bertz CT molecular complexity index is 729. The summed E-state index contributed by atoms with van der Waals surface area (Å²) in [5, 5.41) is 8.73. The molecule has 2 aromatic rings. The van der Waals surface area contributed by atoms with Crippen LogP contribution in [-0.2, 0) is 11.3 Å². The molecule has 3 rings (SSSR count). The van der Waals surface area contributed by atoms with Crippen molar-refractivity contribution in [1.29, 1.82) is 0 Å². The summed E-state index contributed by atoms with van der Waals surface area (Å²) in [5.41, 5.74) is 2.68. The highest BCUT2D eigenvalue weighted by molar-refractivity contribution is 8.16. The number of anilines is 1. The summed E-state index contributed by atoms with van der Waals surface area (Å²) in [6, 6.07) is 13.6. The first-order chi connectivity index (χ1) is 11.3. The molecule has 1 amide bonds. The van der Waals surface area contributed by atoms with Gasteiger partial charge < -0.3 is 10.6 Å². The Morgan fingerprint density at radius 2 is 1.91 bits per heavy atom. The van der Waals surface area contributed by atoms with E-state index in [2.05, 4.69) is 20.6 Å². The fourth-order valence-corrected chi connectivity index (χ4v) is 2.75. The number of aliphatic imine (C=N–C) groups is 1. The Hall–Kier alpha value is -2.60. The van der Waals surface area contributed by atoms with Crippen molar-refractivity contribution in [2.24, 2.45) is 4.99 Å². The first-order valence-electron chi connectivity index (χ1n) is 7.20. The van der Waals surface area contributed by atoms with E-state index in [9.17, 15) is 4.79 Å². The van der Waals surface area contributed by atoms with E-state index in [0.29, 0.717) is 18.7 Å². The lowest BCUT2D eigenvalue weighted by Gasteiger charge is -2.14. The zero-order chi connectivity index (χ0) is 15.9. The van der Waals surface area contributed by atoms with Crippen molar-refractivity contribution in [1.82, 2.24) is 10.3 Å². The largest absolute Gasteiger partial charge is 0.348 e. The number of rotatable bonds is 4. The van der Waals surface area contributed by atoms with Crippen LogP contribution in [0.2, 0.25) is 0 Å². The number of pyridine rings is 1. The molecule has 0 spiro atoms. The molecular weight excluding hydrogens is 308 g/mol. The van der Waals surface area contributed by atoms with Crippen molar-refractivity contribution in [2.45, 2.75) is 6.54 Å². The smallest absolute Gasteiger partial charge is 0.249 e. The molecule has 0 unspecified atom stereocenters. The topological polar surface area (TPSA) is 66.4 Å². The highest BCUT2D eigenvalue weighted by atomic mass is 32.2. The van der Waals surface area contributed by atoms with Crippen molar-refractivity contribution < 1.29 is 4.79 Å². The number of nitrogens with zero attached hydrogens (tertiary/aromatic N) is 2. The molecule has 116 valence electrons. The number of thioether (sulfide) groups is 1. The minimum Gasteiger partial charge on any atom is -0.348 e. The second kappa shape index (κ2) is 7.60. The molecule has 2 heterocycles. The van der Waals surface area contributed by atoms with Crippen molar-refractivity contribution in [3.63, 3.8) is 0 Å². The molecule has 0 radical (unpaired) electrons. The monoisotopic (exact) mass is 324 g/mol. The van der Waals surface area contributed by atoms with Crippen molar-refractivity contribution in [3.05, 3.63) is 71.4 Å². The van der Waals surface area contributed by atoms with E-state index < -0.39 is 0 Å². The molecular formula is C17H16N4OS. The quantitative estimate of drug-likeness (QED) is 0.907. The van der Waals surface area contributed by atoms with Gasteiger partial charge in [0.05, 0.1) is 6.54 Å². The highest BCUT2D eigenvalue weighted by Gasteiger charge is 2.14. The Morgan fingerprint density at radius 1 is 1.13 bits per heavy atom. The van der Waals surface area contributed by atoms with E-state index in [1.54, 1.807) is 12.4 Å². The summed E-state index contributed by atoms with van der Waals surface area (Å²) in [4.78, 5) is 20.5. The van der Waals surface area contributed by atoms with Crippen LogP contribution in [0.15, 0.2) is 70.8 Å². The molecule has 1 aliphatic heterocycles. The molecule has 1 aliphatic rings. The summed E-state index contributed by atoms with van der Waals surface area (Å²) in [6.07, 6.45) is 3.43. The fourth-order valence-electron chi connectivity index (χ4n) is 2.00. The number of benzene rings is 1. The maximum absolute atomic E-state index is 12.1. The average Bonchev–Trinajstić information content (AvgIpc) is 2.62. The van der Waals surface area contributed by atoms with Crippen LogP contribution in [-0.4, -0.2) is 22.6 Å². The summed E-state index contributed by atoms with van der Waals surface area (Å²) in [5.74, 6) is -0.0759. The molecule has 1 aromatic heterocycles. The van der Waals surface area contributed by atoms with Gasteiger partial charge in [-0.05, 0) is 23.1 Å². The molecule has 0 saturated heterocycles. The van der Waals surface area contributed by atoms with E-state index in [1.807, 2.05) is 47.9 Å². The van der Waals surface area contributed by atoms with E-state index in [0.717, 1.165) is 16.4 Å². The van der Waals surface area contributed by atoms with Gasteiger partial charge in [-0.3, -0.25) is 14.8 Å². The van der Waals surface area contributed by atoms with Crippen LogP contribution in [0.4, 0.5) is 5.69 Å². The third-order valence-corrected chi connectivity index (χ3v) is 4.08. The molecule has 0 fully saturated rings. The maximum atomic E-state index is 12.1. The highest BCUT2D eigenvalue weighted by Crippen LogP contribution is 2.18. The van der Waals surface area contributed by atoms with Crippen LogP contribution in [0.5, 0.6) is 0 Å². The van der Waals surface area contributed by atoms with Crippen LogP contribution in [0.3, 0.4) is 0 Å². The number of amides is 1. The number of amidine groups is 1. The maximum Gasteiger partial charge on any atom is 0.249 e. The Balaban J connectivity index is 1.50. The zero-order valence-corrected chi connectivity index (χ0v) is 13.2. The third kappa shape index (κ3) is 4.43. The van der Waals surface area contributed by atoms with Gasteiger partial charge >= 0.3 is 0 Å². The third-order valence-electron chi connectivity index (χ3n) is 3.22. The number of hydrogen-bond acceptors (Lipinski definition) is 5. The van der Waals surface area contributed by atoms with E-state index in [-0.39, 0.29) is 5.91 Å². The summed E-state index contributed by atoms with van der Waals surface area (Å²) < 4.78 is 0. The van der Waals surface area contributed by atoms with Gasteiger partial charge in [0, 0.05) is 30.2 Å². The number of hydrogen-bond donors (Lipinski definition) is 2. The van der Waals surface area contributed by atoms with Crippen LogP contribution in [0.1, 0.15) is 5.56 Å². The number of carbonyl (C=O) groups is 1. The van der Waals surface area contributed by atoms with Gasteiger partial charge in [-0.25, -0.2) is 0 Å². The summed E-state index contributed by atoms with van der Waals surface area (Å²) in [6.45, 7) is 0.897. The number of nitrogens with one attached hydrogen (secondary N) is 2. The average molecular weight is 324 g/mol. The lowest BCUT2D eigenvalue weighted by atomic mass is 10.2. The fraction of sp³-hybridized carbons (Fsp3) is 0.118. The SMILES string of the molecule is O=C(NCc1ccccc1)C1=CSC(Nc2ccncc2)=NC1. The van der Waals surface area contributed by atoms with Crippen LogP contribution >= 0.6 is 11.8 Å². The summed E-state index contributed by atoms with van der Waals surface area (Å²) >= 11 is 1.41. The standard InChI is InChI=1S/C17H16N4OS/c22-16(19-10-13-4-2-1-3-5-13)14-11-20-17(23-12-14)21-15-6-8-18-9-7-15/h1-9,12H,10-11H2,(H,19,22)(H,18,20,21). The van der Waals surface area contributed by atoms with Gasteiger partial charge in [0.15, 0.2) is 5.17 Å². The van der Waals surface area contributed by atoms with Gasteiger partial charge in [-0.15, -0.1) is 0 Å². The molecule has 0 aliphatic carbocycles.